The smallest absolute Gasteiger partial charge is 0.252 e. The molecule has 17 heavy (non-hydrogen) atoms. The standard InChI is InChI=1S/C13H18ClNOS/c1-9-7-17-8-11(9)13(16)15-12-5-3-2-4-10(12)6-14/h7-8,10,12H,2-6H2,1H3,(H,15,16). The molecule has 1 fully saturated rings. The minimum absolute atomic E-state index is 0.0609. The van der Waals surface area contributed by atoms with Gasteiger partial charge in [-0.2, -0.15) is 11.3 Å². The second kappa shape index (κ2) is 5.87. The summed E-state index contributed by atoms with van der Waals surface area (Å²) >= 11 is 7.54. The van der Waals surface area contributed by atoms with E-state index in [0.29, 0.717) is 11.8 Å². The molecule has 1 aromatic rings. The van der Waals surface area contributed by atoms with E-state index in [4.69, 9.17) is 11.6 Å². The Morgan fingerprint density at radius 2 is 2.24 bits per heavy atom. The fourth-order valence-electron chi connectivity index (χ4n) is 2.42. The van der Waals surface area contributed by atoms with Crippen LogP contribution < -0.4 is 5.32 Å². The summed E-state index contributed by atoms with van der Waals surface area (Å²) in [4.78, 5) is 12.1. The lowest BCUT2D eigenvalue weighted by Crippen LogP contribution is -2.42. The van der Waals surface area contributed by atoms with Crippen LogP contribution in [0.1, 0.15) is 41.6 Å². The zero-order chi connectivity index (χ0) is 12.3. The summed E-state index contributed by atoms with van der Waals surface area (Å²) in [6.07, 6.45) is 4.63. The molecule has 0 spiro atoms. The average Bonchev–Trinajstić information content (AvgIpc) is 2.76. The van der Waals surface area contributed by atoms with E-state index in [2.05, 4.69) is 5.32 Å². The first-order valence-corrected chi connectivity index (χ1v) is 7.59. The van der Waals surface area contributed by atoms with Crippen molar-refractivity contribution in [1.82, 2.24) is 5.32 Å². The van der Waals surface area contributed by atoms with Gasteiger partial charge in [-0.05, 0) is 36.6 Å². The third-order valence-corrected chi connectivity index (χ3v) is 4.78. The van der Waals surface area contributed by atoms with E-state index in [1.165, 1.54) is 12.8 Å². The predicted molar refractivity (Wildman–Crippen MR) is 73.0 cm³/mol. The summed E-state index contributed by atoms with van der Waals surface area (Å²) < 4.78 is 0. The molecule has 0 saturated heterocycles. The Bertz CT molecular complexity index is 391. The molecular weight excluding hydrogens is 254 g/mol. The summed E-state index contributed by atoms with van der Waals surface area (Å²) in [6, 6.07) is 0.257. The maximum Gasteiger partial charge on any atom is 0.252 e. The highest BCUT2D eigenvalue weighted by Gasteiger charge is 2.26. The zero-order valence-electron chi connectivity index (χ0n) is 10.0. The first-order valence-electron chi connectivity index (χ1n) is 6.12. The molecule has 1 saturated carbocycles. The van der Waals surface area contributed by atoms with Gasteiger partial charge in [-0.3, -0.25) is 4.79 Å². The highest BCUT2D eigenvalue weighted by molar-refractivity contribution is 7.08. The van der Waals surface area contributed by atoms with Crippen LogP contribution >= 0.6 is 22.9 Å². The number of rotatable bonds is 3. The molecule has 4 heteroatoms. The van der Waals surface area contributed by atoms with Crippen molar-refractivity contribution in [2.24, 2.45) is 5.92 Å². The molecular formula is C13H18ClNOS. The Morgan fingerprint density at radius 1 is 1.47 bits per heavy atom. The van der Waals surface area contributed by atoms with Crippen molar-refractivity contribution in [1.29, 1.82) is 0 Å². The van der Waals surface area contributed by atoms with E-state index in [-0.39, 0.29) is 11.9 Å². The number of aryl methyl sites for hydroxylation is 1. The molecule has 0 radical (unpaired) electrons. The summed E-state index contributed by atoms with van der Waals surface area (Å²) in [5, 5.41) is 7.07. The molecule has 1 aromatic heterocycles. The van der Waals surface area contributed by atoms with Gasteiger partial charge in [0.2, 0.25) is 0 Å². The third kappa shape index (κ3) is 3.02. The fourth-order valence-corrected chi connectivity index (χ4v) is 3.62. The van der Waals surface area contributed by atoms with Crippen LogP contribution in [0.2, 0.25) is 0 Å². The van der Waals surface area contributed by atoms with E-state index in [0.717, 1.165) is 24.0 Å². The van der Waals surface area contributed by atoms with Crippen LogP contribution in [0.15, 0.2) is 10.8 Å². The molecule has 1 aliphatic rings. The molecule has 0 aromatic carbocycles. The second-order valence-electron chi connectivity index (χ2n) is 4.75. The minimum Gasteiger partial charge on any atom is -0.349 e. The quantitative estimate of drug-likeness (QED) is 0.837. The Balaban J connectivity index is 2.00. The Kier molecular flexibility index (Phi) is 4.46. The van der Waals surface area contributed by atoms with Crippen molar-refractivity contribution in [2.75, 3.05) is 5.88 Å². The second-order valence-corrected chi connectivity index (χ2v) is 5.80. The van der Waals surface area contributed by atoms with Gasteiger partial charge in [-0.1, -0.05) is 12.8 Å². The number of halogens is 1. The van der Waals surface area contributed by atoms with Crippen LogP contribution in [0.5, 0.6) is 0 Å². The van der Waals surface area contributed by atoms with Gasteiger partial charge >= 0.3 is 0 Å². The van der Waals surface area contributed by atoms with Gasteiger partial charge in [0.05, 0.1) is 5.56 Å². The number of alkyl halides is 1. The Hall–Kier alpha value is -0.540. The number of carbonyl (C=O) groups excluding carboxylic acids is 1. The highest BCUT2D eigenvalue weighted by atomic mass is 35.5. The van der Waals surface area contributed by atoms with Crippen molar-refractivity contribution < 1.29 is 4.79 Å². The molecule has 2 nitrogen and oxygen atoms in total. The molecule has 1 amide bonds. The lowest BCUT2D eigenvalue weighted by molar-refractivity contribution is 0.0911. The van der Waals surface area contributed by atoms with Crippen molar-refractivity contribution >= 4 is 28.8 Å². The number of thiophene rings is 1. The molecule has 0 aliphatic heterocycles. The highest BCUT2D eigenvalue weighted by Crippen LogP contribution is 2.26. The molecule has 94 valence electrons. The van der Waals surface area contributed by atoms with E-state index >= 15 is 0 Å². The van der Waals surface area contributed by atoms with Crippen LogP contribution in [0.3, 0.4) is 0 Å². The average molecular weight is 272 g/mol. The van der Waals surface area contributed by atoms with Crippen molar-refractivity contribution in [3.8, 4) is 0 Å². The first-order chi connectivity index (χ1) is 8.22. The van der Waals surface area contributed by atoms with Crippen molar-refractivity contribution in [3.05, 3.63) is 21.9 Å². The van der Waals surface area contributed by atoms with Crippen molar-refractivity contribution in [3.63, 3.8) is 0 Å². The number of amides is 1. The normalized spacial score (nSPS) is 24.6. The van der Waals surface area contributed by atoms with Crippen molar-refractivity contribution in [2.45, 2.75) is 38.6 Å². The van der Waals surface area contributed by atoms with Gasteiger partial charge in [0, 0.05) is 17.3 Å². The van der Waals surface area contributed by atoms with Crippen LogP contribution in [0.25, 0.3) is 0 Å². The number of nitrogens with one attached hydrogen (secondary N) is 1. The number of hydrogen-bond acceptors (Lipinski definition) is 2. The summed E-state index contributed by atoms with van der Waals surface area (Å²) in [5.41, 5.74) is 1.87. The summed E-state index contributed by atoms with van der Waals surface area (Å²) in [7, 11) is 0. The Morgan fingerprint density at radius 3 is 2.88 bits per heavy atom. The minimum atomic E-state index is 0.0609. The van der Waals surface area contributed by atoms with E-state index in [9.17, 15) is 4.79 Å². The topological polar surface area (TPSA) is 29.1 Å². The molecule has 2 unspecified atom stereocenters. The SMILES string of the molecule is Cc1cscc1C(=O)NC1CCCCC1CCl. The van der Waals surface area contributed by atoms with Gasteiger partial charge in [-0.15, -0.1) is 11.6 Å². The maximum absolute atomic E-state index is 12.1. The molecule has 2 rings (SSSR count). The summed E-state index contributed by atoms with van der Waals surface area (Å²) in [5.74, 6) is 1.15. The molecule has 0 bridgehead atoms. The zero-order valence-corrected chi connectivity index (χ0v) is 11.6. The Labute approximate surface area is 111 Å². The van der Waals surface area contributed by atoms with Gasteiger partial charge in [0.25, 0.3) is 5.91 Å². The fraction of sp³-hybridized carbons (Fsp3) is 0.615. The van der Waals surface area contributed by atoms with Crippen LogP contribution in [0.4, 0.5) is 0 Å². The number of carbonyl (C=O) groups is 1. The monoisotopic (exact) mass is 271 g/mol. The molecule has 1 N–H and O–H groups in total. The van der Waals surface area contributed by atoms with Gasteiger partial charge < -0.3 is 5.32 Å². The molecule has 2 atom stereocenters. The first kappa shape index (κ1) is 12.9. The third-order valence-electron chi connectivity index (χ3n) is 3.52. The van der Waals surface area contributed by atoms with Crippen LogP contribution in [-0.2, 0) is 0 Å². The van der Waals surface area contributed by atoms with E-state index in [1.54, 1.807) is 11.3 Å². The maximum atomic E-state index is 12.1. The summed E-state index contributed by atoms with van der Waals surface area (Å²) in [6.45, 7) is 1.98. The van der Waals surface area contributed by atoms with Crippen LogP contribution in [-0.4, -0.2) is 17.8 Å². The van der Waals surface area contributed by atoms with E-state index < -0.39 is 0 Å². The lowest BCUT2D eigenvalue weighted by atomic mass is 9.85. The van der Waals surface area contributed by atoms with Gasteiger partial charge in [-0.25, -0.2) is 0 Å². The van der Waals surface area contributed by atoms with Gasteiger partial charge in [0.15, 0.2) is 0 Å². The van der Waals surface area contributed by atoms with Gasteiger partial charge in [0.1, 0.15) is 0 Å². The van der Waals surface area contributed by atoms with E-state index in [1.807, 2.05) is 17.7 Å². The largest absolute Gasteiger partial charge is 0.349 e. The number of hydrogen-bond donors (Lipinski definition) is 1. The molecule has 1 heterocycles. The molecule has 1 aliphatic carbocycles. The predicted octanol–water partition coefficient (Wildman–Crippen LogP) is 3.58. The lowest BCUT2D eigenvalue weighted by Gasteiger charge is -2.30. The van der Waals surface area contributed by atoms with Crippen LogP contribution in [0, 0.1) is 12.8 Å².